The van der Waals surface area contributed by atoms with Crippen molar-refractivity contribution in [3.63, 3.8) is 0 Å². The van der Waals surface area contributed by atoms with Gasteiger partial charge < -0.3 is 5.73 Å². The molecule has 1 aromatic heterocycles. The van der Waals surface area contributed by atoms with Crippen molar-refractivity contribution < 1.29 is 4.39 Å². The van der Waals surface area contributed by atoms with Gasteiger partial charge in [-0.2, -0.15) is 0 Å². The van der Waals surface area contributed by atoms with Crippen LogP contribution in [0.5, 0.6) is 0 Å². The Labute approximate surface area is 95.1 Å². The minimum Gasteiger partial charge on any atom is -0.398 e. The number of nitrogen functional groups attached to an aromatic ring is 1. The summed E-state index contributed by atoms with van der Waals surface area (Å²) in [5.74, 6) is -0.299. The van der Waals surface area contributed by atoms with Crippen molar-refractivity contribution in [1.29, 1.82) is 0 Å². The summed E-state index contributed by atoms with van der Waals surface area (Å²) in [5.41, 5.74) is 7.23. The average Bonchev–Trinajstić information content (AvgIpc) is 2.23. The molecule has 0 saturated carbocycles. The molecule has 0 saturated heterocycles. The van der Waals surface area contributed by atoms with E-state index in [1.54, 1.807) is 30.5 Å². The van der Waals surface area contributed by atoms with Crippen molar-refractivity contribution in [2.45, 2.75) is 0 Å². The van der Waals surface area contributed by atoms with Gasteiger partial charge in [0.25, 0.3) is 0 Å². The van der Waals surface area contributed by atoms with E-state index in [2.05, 4.69) is 20.9 Å². The molecular weight excluding hydrogens is 259 g/mol. The van der Waals surface area contributed by atoms with Gasteiger partial charge in [0.2, 0.25) is 0 Å². The summed E-state index contributed by atoms with van der Waals surface area (Å²) in [6.07, 6.45) is 1.57. The average molecular weight is 267 g/mol. The fourth-order valence-electron chi connectivity index (χ4n) is 1.27. The summed E-state index contributed by atoms with van der Waals surface area (Å²) in [6, 6.07) is 8.11. The largest absolute Gasteiger partial charge is 0.398 e. The molecule has 1 aromatic carbocycles. The number of hydrogen-bond donors (Lipinski definition) is 1. The molecular formula is C11H8BrFN2. The van der Waals surface area contributed by atoms with Crippen LogP contribution in [0.2, 0.25) is 0 Å². The first-order chi connectivity index (χ1) is 7.18. The highest BCUT2D eigenvalue weighted by atomic mass is 79.9. The maximum atomic E-state index is 13.4. The molecule has 2 rings (SSSR count). The van der Waals surface area contributed by atoms with Gasteiger partial charge in [0.1, 0.15) is 5.82 Å². The van der Waals surface area contributed by atoms with Crippen LogP contribution in [0.25, 0.3) is 11.3 Å². The van der Waals surface area contributed by atoms with E-state index in [4.69, 9.17) is 5.73 Å². The lowest BCUT2D eigenvalue weighted by atomic mass is 10.1. The molecule has 76 valence electrons. The van der Waals surface area contributed by atoms with Crippen molar-refractivity contribution in [3.8, 4) is 11.3 Å². The van der Waals surface area contributed by atoms with E-state index in [0.717, 1.165) is 0 Å². The third-order valence-corrected chi connectivity index (χ3v) is 2.70. The number of benzene rings is 1. The van der Waals surface area contributed by atoms with E-state index in [1.807, 2.05) is 0 Å². The zero-order chi connectivity index (χ0) is 10.8. The highest BCUT2D eigenvalue weighted by molar-refractivity contribution is 9.10. The monoisotopic (exact) mass is 266 g/mol. The van der Waals surface area contributed by atoms with Gasteiger partial charge in [-0.1, -0.05) is 12.1 Å². The van der Waals surface area contributed by atoms with Crippen LogP contribution in [0.4, 0.5) is 10.1 Å². The van der Waals surface area contributed by atoms with E-state index < -0.39 is 0 Å². The molecule has 1 heterocycles. The molecule has 0 atom stereocenters. The summed E-state index contributed by atoms with van der Waals surface area (Å²) in [5, 5.41) is 0. The van der Waals surface area contributed by atoms with Crippen LogP contribution in [0, 0.1) is 5.82 Å². The molecule has 4 heteroatoms. The van der Waals surface area contributed by atoms with E-state index in [9.17, 15) is 4.39 Å². The number of halogens is 2. The van der Waals surface area contributed by atoms with Gasteiger partial charge in [0.15, 0.2) is 0 Å². The second-order valence-electron chi connectivity index (χ2n) is 3.07. The Hall–Kier alpha value is -1.42. The molecule has 0 unspecified atom stereocenters. The topological polar surface area (TPSA) is 38.9 Å². The summed E-state index contributed by atoms with van der Waals surface area (Å²) < 4.78 is 14.1. The Bertz CT molecular complexity index is 500. The fraction of sp³-hybridized carbons (Fsp3) is 0. The van der Waals surface area contributed by atoms with Gasteiger partial charge in [0.05, 0.1) is 10.2 Å². The van der Waals surface area contributed by atoms with Crippen LogP contribution in [-0.4, -0.2) is 4.98 Å². The standard InChI is InChI=1S/C11H8BrFN2/c12-8-6-15-11(5-10(8)14)7-3-1-2-4-9(7)13/h1-6H,(H2,14,15). The lowest BCUT2D eigenvalue weighted by molar-refractivity contribution is 0.631. The maximum Gasteiger partial charge on any atom is 0.132 e. The van der Waals surface area contributed by atoms with Crippen LogP contribution in [0.3, 0.4) is 0 Å². The van der Waals surface area contributed by atoms with Crippen LogP contribution in [0.15, 0.2) is 41.0 Å². The molecule has 0 spiro atoms. The third-order valence-electron chi connectivity index (χ3n) is 2.03. The second kappa shape index (κ2) is 3.98. The lowest BCUT2D eigenvalue weighted by Crippen LogP contribution is -1.92. The van der Waals surface area contributed by atoms with Crippen molar-refractivity contribution >= 4 is 21.6 Å². The minimum atomic E-state index is -0.299. The Morgan fingerprint density at radius 3 is 2.67 bits per heavy atom. The van der Waals surface area contributed by atoms with Crippen LogP contribution in [0.1, 0.15) is 0 Å². The number of nitrogens with two attached hydrogens (primary N) is 1. The van der Waals surface area contributed by atoms with Gasteiger partial charge in [-0.15, -0.1) is 0 Å². The Morgan fingerprint density at radius 2 is 2.00 bits per heavy atom. The Morgan fingerprint density at radius 1 is 1.27 bits per heavy atom. The maximum absolute atomic E-state index is 13.4. The molecule has 2 N–H and O–H groups in total. The smallest absolute Gasteiger partial charge is 0.132 e. The molecule has 0 radical (unpaired) electrons. The van der Waals surface area contributed by atoms with Gasteiger partial charge in [0, 0.05) is 17.4 Å². The number of nitrogens with zero attached hydrogens (tertiary/aromatic N) is 1. The van der Waals surface area contributed by atoms with Gasteiger partial charge in [-0.3, -0.25) is 4.98 Å². The molecule has 0 amide bonds. The van der Waals surface area contributed by atoms with E-state index in [0.29, 0.717) is 21.4 Å². The van der Waals surface area contributed by atoms with Gasteiger partial charge >= 0.3 is 0 Å². The predicted molar refractivity (Wildman–Crippen MR) is 61.7 cm³/mol. The molecule has 0 aliphatic carbocycles. The van der Waals surface area contributed by atoms with Gasteiger partial charge in [-0.05, 0) is 34.1 Å². The fourth-order valence-corrected chi connectivity index (χ4v) is 1.49. The highest BCUT2D eigenvalue weighted by Gasteiger charge is 2.06. The van der Waals surface area contributed by atoms with E-state index >= 15 is 0 Å². The first kappa shape index (κ1) is 10.1. The van der Waals surface area contributed by atoms with Crippen LogP contribution < -0.4 is 5.73 Å². The molecule has 2 nitrogen and oxygen atoms in total. The molecule has 2 aromatic rings. The molecule has 0 bridgehead atoms. The minimum absolute atomic E-state index is 0.299. The van der Waals surface area contributed by atoms with Crippen molar-refractivity contribution in [2.24, 2.45) is 0 Å². The van der Waals surface area contributed by atoms with Crippen molar-refractivity contribution in [3.05, 3.63) is 46.8 Å². The van der Waals surface area contributed by atoms with E-state index in [-0.39, 0.29) is 5.82 Å². The highest BCUT2D eigenvalue weighted by Crippen LogP contribution is 2.25. The zero-order valence-corrected chi connectivity index (χ0v) is 9.33. The molecule has 0 fully saturated rings. The normalized spacial score (nSPS) is 10.3. The van der Waals surface area contributed by atoms with Crippen molar-refractivity contribution in [1.82, 2.24) is 4.98 Å². The second-order valence-corrected chi connectivity index (χ2v) is 3.93. The third kappa shape index (κ3) is 1.99. The van der Waals surface area contributed by atoms with Crippen LogP contribution >= 0.6 is 15.9 Å². The number of hydrogen-bond acceptors (Lipinski definition) is 2. The van der Waals surface area contributed by atoms with E-state index in [1.165, 1.54) is 6.07 Å². The molecule has 15 heavy (non-hydrogen) atoms. The summed E-state index contributed by atoms with van der Waals surface area (Å²) >= 11 is 3.24. The van der Waals surface area contributed by atoms with Crippen molar-refractivity contribution in [2.75, 3.05) is 5.73 Å². The number of pyridine rings is 1. The molecule has 0 aliphatic heterocycles. The van der Waals surface area contributed by atoms with Crippen LogP contribution in [-0.2, 0) is 0 Å². The first-order valence-corrected chi connectivity index (χ1v) is 5.13. The zero-order valence-electron chi connectivity index (χ0n) is 7.74. The number of aromatic nitrogens is 1. The SMILES string of the molecule is Nc1cc(-c2ccccc2F)ncc1Br. The Balaban J connectivity index is 2.55. The molecule has 0 aliphatic rings. The first-order valence-electron chi connectivity index (χ1n) is 4.34. The number of rotatable bonds is 1. The predicted octanol–water partition coefficient (Wildman–Crippen LogP) is 3.23. The lowest BCUT2D eigenvalue weighted by Gasteiger charge is -2.04. The summed E-state index contributed by atoms with van der Waals surface area (Å²) in [6.45, 7) is 0. The Kier molecular flexibility index (Phi) is 2.68. The van der Waals surface area contributed by atoms with Gasteiger partial charge in [-0.25, -0.2) is 4.39 Å². The number of anilines is 1. The summed E-state index contributed by atoms with van der Waals surface area (Å²) in [4.78, 5) is 4.10. The quantitative estimate of drug-likeness (QED) is 0.861. The summed E-state index contributed by atoms with van der Waals surface area (Å²) in [7, 11) is 0.